The quantitative estimate of drug-likeness (QED) is 0.262. The minimum atomic E-state index is -0.886. The van der Waals surface area contributed by atoms with Crippen molar-refractivity contribution in [2.75, 3.05) is 12.4 Å². The average molecular weight is 500 g/mol. The summed E-state index contributed by atoms with van der Waals surface area (Å²) in [6.45, 7) is 4.03. The minimum absolute atomic E-state index is 0.228. The highest BCUT2D eigenvalue weighted by Crippen LogP contribution is 2.29. The van der Waals surface area contributed by atoms with E-state index in [1.54, 1.807) is 42.5 Å². The summed E-state index contributed by atoms with van der Waals surface area (Å²) < 4.78 is 11.2. The highest BCUT2D eigenvalue weighted by molar-refractivity contribution is 6.39. The van der Waals surface area contributed by atoms with Gasteiger partial charge in [0.05, 0.1) is 13.3 Å². The van der Waals surface area contributed by atoms with Crippen molar-refractivity contribution < 1.29 is 19.1 Å². The molecule has 2 N–H and O–H groups in total. The molecule has 0 aliphatic carbocycles. The van der Waals surface area contributed by atoms with Crippen LogP contribution in [-0.2, 0) is 16.2 Å². The second-order valence-corrected chi connectivity index (χ2v) is 8.25. The van der Waals surface area contributed by atoms with Crippen molar-refractivity contribution in [3.8, 4) is 11.5 Å². The Bertz CT molecular complexity index is 1240. The van der Waals surface area contributed by atoms with E-state index in [0.717, 1.165) is 16.7 Å². The van der Waals surface area contributed by atoms with Crippen molar-refractivity contribution in [3.05, 3.63) is 86.9 Å². The van der Waals surface area contributed by atoms with Gasteiger partial charge in [0.1, 0.15) is 6.61 Å². The maximum absolute atomic E-state index is 12.1. The second-order valence-electron chi connectivity index (χ2n) is 7.41. The van der Waals surface area contributed by atoms with E-state index in [1.165, 1.54) is 13.3 Å². The van der Waals surface area contributed by atoms with Gasteiger partial charge < -0.3 is 14.8 Å². The molecule has 2 amide bonds. The van der Waals surface area contributed by atoms with E-state index in [2.05, 4.69) is 15.8 Å². The Labute approximate surface area is 207 Å². The number of halogens is 2. The summed E-state index contributed by atoms with van der Waals surface area (Å²) in [5.41, 5.74) is 6.10. The number of ether oxygens (including phenoxy) is 2. The summed E-state index contributed by atoms with van der Waals surface area (Å²) in [5.74, 6) is -0.732. The first-order valence-electron chi connectivity index (χ1n) is 10.2. The normalized spacial score (nSPS) is 10.7. The SMILES string of the molecule is COc1cc(C=NNC(=O)C(=O)Nc2ccc(C)cc2C)ccc1OCc1ccc(Cl)cc1Cl. The van der Waals surface area contributed by atoms with E-state index < -0.39 is 11.8 Å². The number of carbonyl (C=O) groups excluding carboxylic acids is 2. The minimum Gasteiger partial charge on any atom is -0.493 e. The third-order valence-corrected chi connectivity index (χ3v) is 5.39. The number of nitrogens with zero attached hydrogens (tertiary/aromatic N) is 1. The Balaban J connectivity index is 1.58. The van der Waals surface area contributed by atoms with Crippen LogP contribution in [0, 0.1) is 13.8 Å². The summed E-state index contributed by atoms with van der Waals surface area (Å²) in [4.78, 5) is 24.2. The number of methoxy groups -OCH3 is 1. The molecule has 0 saturated heterocycles. The van der Waals surface area contributed by atoms with Gasteiger partial charge in [-0.2, -0.15) is 5.10 Å². The Morgan fingerprint density at radius 2 is 1.76 bits per heavy atom. The smallest absolute Gasteiger partial charge is 0.329 e. The fraction of sp³-hybridized carbons (Fsp3) is 0.160. The van der Waals surface area contributed by atoms with Crippen LogP contribution in [0.2, 0.25) is 10.0 Å². The van der Waals surface area contributed by atoms with Gasteiger partial charge >= 0.3 is 11.8 Å². The summed E-state index contributed by atoms with van der Waals surface area (Å²) >= 11 is 12.1. The van der Waals surface area contributed by atoms with Gasteiger partial charge in [-0.25, -0.2) is 5.43 Å². The molecule has 0 radical (unpaired) electrons. The summed E-state index contributed by atoms with van der Waals surface area (Å²) in [6.07, 6.45) is 1.39. The predicted octanol–water partition coefficient (Wildman–Crippen LogP) is 5.29. The largest absolute Gasteiger partial charge is 0.493 e. The van der Waals surface area contributed by atoms with Crippen LogP contribution in [0.15, 0.2) is 59.7 Å². The molecule has 0 fully saturated rings. The molecule has 0 aliphatic heterocycles. The van der Waals surface area contributed by atoms with Crippen molar-refractivity contribution >= 4 is 46.9 Å². The zero-order chi connectivity index (χ0) is 24.7. The molecular weight excluding hydrogens is 477 g/mol. The van der Waals surface area contributed by atoms with Crippen LogP contribution >= 0.6 is 23.2 Å². The fourth-order valence-electron chi connectivity index (χ4n) is 3.03. The molecule has 0 aromatic heterocycles. The Morgan fingerprint density at radius 3 is 2.47 bits per heavy atom. The number of carbonyl (C=O) groups is 2. The second kappa shape index (κ2) is 11.5. The van der Waals surface area contributed by atoms with Crippen molar-refractivity contribution in [1.29, 1.82) is 0 Å². The number of anilines is 1. The van der Waals surface area contributed by atoms with Crippen molar-refractivity contribution in [2.45, 2.75) is 20.5 Å². The molecule has 176 valence electrons. The van der Waals surface area contributed by atoms with Gasteiger partial charge in [-0.1, -0.05) is 47.0 Å². The number of hydrogen-bond donors (Lipinski definition) is 2. The molecule has 0 spiro atoms. The number of benzene rings is 3. The first-order chi connectivity index (χ1) is 16.3. The average Bonchev–Trinajstić information content (AvgIpc) is 2.80. The third-order valence-electron chi connectivity index (χ3n) is 4.80. The Kier molecular flexibility index (Phi) is 8.51. The third kappa shape index (κ3) is 6.73. The van der Waals surface area contributed by atoms with E-state index in [0.29, 0.717) is 32.8 Å². The molecule has 0 aliphatic rings. The number of amides is 2. The van der Waals surface area contributed by atoms with E-state index in [-0.39, 0.29) is 6.61 Å². The molecule has 3 aromatic rings. The van der Waals surface area contributed by atoms with Crippen LogP contribution < -0.4 is 20.2 Å². The summed E-state index contributed by atoms with van der Waals surface area (Å²) in [6, 6.07) is 15.8. The van der Waals surface area contributed by atoms with E-state index in [4.69, 9.17) is 32.7 Å². The van der Waals surface area contributed by atoms with Gasteiger partial charge in [-0.15, -0.1) is 0 Å². The zero-order valence-electron chi connectivity index (χ0n) is 18.8. The van der Waals surface area contributed by atoms with Gasteiger partial charge in [0.2, 0.25) is 0 Å². The molecule has 0 bridgehead atoms. The maximum atomic E-state index is 12.1. The number of hydrazone groups is 1. The van der Waals surface area contributed by atoms with Gasteiger partial charge in [-0.3, -0.25) is 9.59 Å². The van der Waals surface area contributed by atoms with Gasteiger partial charge in [-0.05, 0) is 61.4 Å². The highest BCUT2D eigenvalue weighted by Gasteiger charge is 2.14. The van der Waals surface area contributed by atoms with Gasteiger partial charge in [0.15, 0.2) is 11.5 Å². The topological polar surface area (TPSA) is 89.0 Å². The van der Waals surface area contributed by atoms with E-state index in [9.17, 15) is 9.59 Å². The standard InChI is InChI=1S/C25H23Cl2N3O4/c1-15-4-8-21(16(2)10-15)29-24(31)25(32)30-28-13-17-5-9-22(23(11-17)33-3)34-14-18-6-7-19(26)12-20(18)27/h4-13H,14H2,1-3H3,(H,29,31)(H,30,32). The van der Waals surface area contributed by atoms with Crippen LogP contribution in [0.4, 0.5) is 5.69 Å². The summed E-state index contributed by atoms with van der Waals surface area (Å²) in [7, 11) is 1.51. The maximum Gasteiger partial charge on any atom is 0.329 e. The lowest BCUT2D eigenvalue weighted by molar-refractivity contribution is -0.136. The van der Waals surface area contributed by atoms with E-state index in [1.807, 2.05) is 26.0 Å². The van der Waals surface area contributed by atoms with Crippen LogP contribution in [0.25, 0.3) is 0 Å². The Hall–Kier alpha value is -3.55. The van der Waals surface area contributed by atoms with Crippen molar-refractivity contribution in [3.63, 3.8) is 0 Å². The molecule has 0 atom stereocenters. The lowest BCUT2D eigenvalue weighted by Crippen LogP contribution is -2.32. The van der Waals surface area contributed by atoms with Crippen LogP contribution in [-0.4, -0.2) is 25.1 Å². The molecule has 7 nitrogen and oxygen atoms in total. The molecule has 0 unspecified atom stereocenters. The first kappa shape index (κ1) is 25.1. The molecule has 3 rings (SSSR count). The Morgan fingerprint density at radius 1 is 0.971 bits per heavy atom. The number of hydrogen-bond acceptors (Lipinski definition) is 5. The van der Waals surface area contributed by atoms with Crippen LogP contribution in [0.1, 0.15) is 22.3 Å². The number of aryl methyl sites for hydroxylation is 2. The lowest BCUT2D eigenvalue weighted by atomic mass is 10.1. The highest BCUT2D eigenvalue weighted by atomic mass is 35.5. The van der Waals surface area contributed by atoms with Gasteiger partial charge in [0.25, 0.3) is 0 Å². The zero-order valence-corrected chi connectivity index (χ0v) is 20.3. The molecule has 0 saturated carbocycles. The lowest BCUT2D eigenvalue weighted by Gasteiger charge is -2.12. The molecule has 3 aromatic carbocycles. The number of nitrogens with one attached hydrogen (secondary N) is 2. The molecule has 0 heterocycles. The molecule has 9 heteroatoms. The molecular formula is C25H23Cl2N3O4. The first-order valence-corrected chi connectivity index (χ1v) is 11.0. The predicted molar refractivity (Wildman–Crippen MR) is 134 cm³/mol. The molecule has 34 heavy (non-hydrogen) atoms. The monoisotopic (exact) mass is 499 g/mol. The van der Waals surface area contributed by atoms with Crippen LogP contribution in [0.3, 0.4) is 0 Å². The summed E-state index contributed by atoms with van der Waals surface area (Å²) in [5, 5.41) is 7.47. The van der Waals surface area contributed by atoms with E-state index >= 15 is 0 Å². The van der Waals surface area contributed by atoms with Gasteiger partial charge in [0, 0.05) is 21.3 Å². The fourth-order valence-corrected chi connectivity index (χ4v) is 3.49. The van der Waals surface area contributed by atoms with Crippen molar-refractivity contribution in [2.24, 2.45) is 5.10 Å². The van der Waals surface area contributed by atoms with Crippen molar-refractivity contribution in [1.82, 2.24) is 5.43 Å². The van der Waals surface area contributed by atoms with Crippen LogP contribution in [0.5, 0.6) is 11.5 Å². The number of rotatable bonds is 7.